The smallest absolute Gasteiger partial charge is 0.246 e. The summed E-state index contributed by atoms with van der Waals surface area (Å²) < 4.78 is 98.8. The van der Waals surface area contributed by atoms with Crippen molar-refractivity contribution < 1.29 is 114 Å². The average molecular weight is 1800 g/mol. The second kappa shape index (κ2) is 52.2. The number of alkyl halides is 2. The number of benzene rings is 2. The molecule has 0 spiro atoms. The van der Waals surface area contributed by atoms with Crippen molar-refractivity contribution in [3.05, 3.63) is 89.0 Å². The van der Waals surface area contributed by atoms with E-state index in [-0.39, 0.29) is 141 Å². The van der Waals surface area contributed by atoms with Gasteiger partial charge in [-0.25, -0.2) is 8.78 Å². The molecule has 2 unspecified atom stereocenters. The number of nitrogens with zero attached hydrogens (tertiary/aromatic N) is 3. The lowest BCUT2D eigenvalue weighted by atomic mass is 9.44. The number of anilines is 1. The first kappa shape index (κ1) is 103. The molecule has 0 bridgehead atoms. The van der Waals surface area contributed by atoms with Crippen molar-refractivity contribution in [1.82, 2.24) is 37.2 Å². The molecule has 7 aliphatic rings. The van der Waals surface area contributed by atoms with Gasteiger partial charge in [-0.2, -0.15) is 5.10 Å². The molecule has 0 aromatic heterocycles. The number of aliphatic imine (C=N–C) groups is 1. The van der Waals surface area contributed by atoms with Crippen molar-refractivity contribution >= 4 is 75.9 Å². The van der Waals surface area contributed by atoms with E-state index in [1.807, 2.05) is 62.4 Å². The summed E-state index contributed by atoms with van der Waals surface area (Å²) in [5.41, 5.74) is -2.95. The van der Waals surface area contributed by atoms with E-state index in [0.717, 1.165) is 48.4 Å². The fourth-order valence-corrected chi connectivity index (χ4v) is 18.1. The number of amides is 8. The standard InChI is InChI=1S/C93H135F2N11O22/c1-8-19-84-127-78-57-68-69-56-71(94)70-55-67(107)31-34-90(70,6)92(69,95)76(108)58-91(68,7)93(78,128-84)77(109)59-101-87(115)63(5)102-89(117)85(62(3)4)104-88(116)73(24-17-18-36-99-82(113)61-126-75-26-12-10-11-23-72(86(75)105-96)97-37-41-120-45-49-124-53-51-122-47-43-118-39-32-80(111)98-35-9-2)103-81(112)33-40-119-44-48-123-52-54-125-50-46-121-42-38-100-79(110)29-30-83(114)106-60-66-22-14-13-20-64(66)27-28-65-21-15-16-25-74(65)106/h13-16,20-22,25,31,34,55,62-63,68-69,71,73,75-76,78,84-85,108H,8-12,17-19,23-24,26,29-30,32-33,35-54,56-61,96H2,1-7H3,(H,98,111)(H,99,113)(H,100,110)(H,101,115)(H,102,117)(H,103,112)(H,104,116)/t63-,68-,69-,71-,73+,75?,76-,78+,84?,85-,90-,91-,92-,93+/m0/s1. The molecule has 4 saturated carbocycles. The molecule has 14 atom stereocenters. The highest BCUT2D eigenvalue weighted by Crippen LogP contribution is 2.72. The zero-order chi connectivity index (χ0) is 92.1. The number of rotatable bonds is 55. The molecule has 35 heteroatoms. The van der Waals surface area contributed by atoms with Crippen molar-refractivity contribution in [2.24, 2.45) is 44.5 Å². The Hall–Kier alpha value is -8.90. The van der Waals surface area contributed by atoms with Gasteiger partial charge >= 0.3 is 0 Å². The maximum atomic E-state index is 18.2. The highest BCUT2D eigenvalue weighted by Gasteiger charge is 2.80. The fraction of sp³-hybridized carbons (Fsp3) is 0.677. The highest BCUT2D eigenvalue weighted by molar-refractivity contribution is 6.44. The third-order valence-electron chi connectivity index (χ3n) is 24.8. The number of allylic oxidation sites excluding steroid dienone is 4. The Labute approximate surface area is 749 Å². The van der Waals surface area contributed by atoms with Gasteiger partial charge in [0.1, 0.15) is 42.7 Å². The number of ketones is 2. The Kier molecular flexibility index (Phi) is 42.0. The number of carbonyl (C=O) groups excluding carboxylic acids is 10. The van der Waals surface area contributed by atoms with Gasteiger partial charge in [0.15, 0.2) is 29.1 Å². The molecule has 8 amide bonds. The van der Waals surface area contributed by atoms with Crippen LogP contribution in [0, 0.1) is 40.4 Å². The summed E-state index contributed by atoms with van der Waals surface area (Å²) in [7, 11) is 0. The van der Waals surface area contributed by atoms with Gasteiger partial charge < -0.3 is 105 Å². The van der Waals surface area contributed by atoms with Crippen LogP contribution in [0.15, 0.2) is 82.4 Å². The van der Waals surface area contributed by atoms with Gasteiger partial charge in [0.05, 0.1) is 149 Å². The Morgan fingerprint density at radius 1 is 0.656 bits per heavy atom. The zero-order valence-corrected chi connectivity index (χ0v) is 75.4. The number of fused-ring (bicyclic) bond motifs is 9. The number of aliphatic hydroxyl groups is 1. The number of nitrogens with two attached hydrogens (primary N) is 1. The van der Waals surface area contributed by atoms with Gasteiger partial charge in [-0.05, 0) is 138 Å². The number of unbranched alkanes of at least 4 members (excludes halogenated alkanes) is 1. The van der Waals surface area contributed by atoms with Gasteiger partial charge in [0.25, 0.3) is 0 Å². The molecule has 0 radical (unpaired) electrons. The Morgan fingerprint density at radius 3 is 1.95 bits per heavy atom. The van der Waals surface area contributed by atoms with E-state index in [0.29, 0.717) is 135 Å². The van der Waals surface area contributed by atoms with Gasteiger partial charge in [-0.15, -0.1) is 0 Å². The predicted molar refractivity (Wildman–Crippen MR) is 471 cm³/mol. The third kappa shape index (κ3) is 28.3. The highest BCUT2D eigenvalue weighted by atomic mass is 19.1. The Morgan fingerprint density at radius 2 is 1.27 bits per heavy atom. The molecule has 2 aliphatic heterocycles. The Balaban J connectivity index is 0.706. The predicted octanol–water partition coefficient (Wildman–Crippen LogP) is 5.68. The largest absolute Gasteiger partial charge is 0.390 e. The van der Waals surface area contributed by atoms with E-state index in [1.165, 1.54) is 26.0 Å². The summed E-state index contributed by atoms with van der Waals surface area (Å²) >= 11 is 0. The van der Waals surface area contributed by atoms with Crippen molar-refractivity contribution in [2.75, 3.05) is 150 Å². The van der Waals surface area contributed by atoms with Crippen LogP contribution >= 0.6 is 0 Å². The number of Topliss-reactive ketones (excluding diaryl/α,β-unsaturated/α-hetero) is 1. The van der Waals surface area contributed by atoms with Crippen LogP contribution in [0.4, 0.5) is 14.5 Å². The van der Waals surface area contributed by atoms with Crippen molar-refractivity contribution in [2.45, 2.75) is 231 Å². The van der Waals surface area contributed by atoms with E-state index >= 15 is 13.6 Å². The SMILES string of the molecule is CCCNC(=O)CCOCCOCCOCCOCCN=C1CCCCCC(OCC(=O)NCCCC[C@@H](NC(=O)CCOCCOCCOCCOCCNC(=O)CCC(=O)N2Cc3ccccc3C#Cc3ccccc32)C(=O)N[C@H](C(=O)N[C@@H](C)C(=O)NCC(=O)[C@@]23OC(CCC)O[C@@H]2C[C@H]2[C@@H]4C[C@H](F)C5=CC(=O)C=C[C@]5(C)[C@@]4(F)[C@@H](O)C[C@@]23C)C(C)C)C1=NN. The van der Waals surface area contributed by atoms with Crippen LogP contribution in [-0.4, -0.2) is 281 Å². The molecular formula is C93H135F2N11O22. The summed E-state index contributed by atoms with van der Waals surface area (Å²) in [4.78, 5) is 142. The van der Waals surface area contributed by atoms with Crippen molar-refractivity contribution in [3.8, 4) is 11.8 Å². The molecule has 2 heterocycles. The normalized spacial score (nSPS) is 25.2. The van der Waals surface area contributed by atoms with Crippen LogP contribution < -0.4 is 48.0 Å². The number of ether oxygens (including phenoxy) is 11. The van der Waals surface area contributed by atoms with Gasteiger partial charge in [-0.3, -0.25) is 52.9 Å². The number of aliphatic hydroxyl groups excluding tert-OH is 1. The monoisotopic (exact) mass is 1800 g/mol. The molecule has 5 aliphatic carbocycles. The van der Waals surface area contributed by atoms with Crippen LogP contribution in [0.2, 0.25) is 0 Å². The lowest BCUT2D eigenvalue weighted by molar-refractivity contribution is -0.234. The van der Waals surface area contributed by atoms with E-state index < -0.39 is 136 Å². The molecular weight excluding hydrogens is 1660 g/mol. The number of hydrogen-bond donors (Lipinski definition) is 9. The van der Waals surface area contributed by atoms with E-state index in [4.69, 9.17) is 62.9 Å². The summed E-state index contributed by atoms with van der Waals surface area (Å²) in [5.74, 6) is 5.08. The summed E-state index contributed by atoms with van der Waals surface area (Å²) in [6.45, 7) is 17.1. The van der Waals surface area contributed by atoms with Gasteiger partial charge in [0.2, 0.25) is 47.3 Å². The molecule has 10 N–H and O–H groups in total. The maximum absolute atomic E-state index is 18.2. The average Bonchev–Trinajstić information content (AvgIpc) is 1.45. The van der Waals surface area contributed by atoms with Crippen LogP contribution in [0.3, 0.4) is 0 Å². The number of hydrazone groups is 1. The first-order valence-corrected chi connectivity index (χ1v) is 45.6. The second-order valence-corrected chi connectivity index (χ2v) is 34.1. The molecule has 708 valence electrons. The molecule has 5 fully saturated rings. The van der Waals surface area contributed by atoms with E-state index in [1.54, 1.807) is 25.7 Å². The molecule has 33 nitrogen and oxygen atoms in total. The third-order valence-corrected chi connectivity index (χ3v) is 24.8. The Bertz CT molecular complexity index is 4220. The number of carbonyl (C=O) groups is 10. The summed E-state index contributed by atoms with van der Waals surface area (Å²) in [6, 6.07) is 11.4. The first-order chi connectivity index (χ1) is 61.7. The minimum Gasteiger partial charge on any atom is -0.390 e. The summed E-state index contributed by atoms with van der Waals surface area (Å²) in [6.07, 6.45) is 3.72. The van der Waals surface area contributed by atoms with Crippen molar-refractivity contribution in [3.63, 3.8) is 0 Å². The second-order valence-electron chi connectivity index (χ2n) is 34.1. The van der Waals surface area contributed by atoms with E-state index in [2.05, 4.69) is 54.2 Å². The lowest BCUT2D eigenvalue weighted by Crippen LogP contribution is -2.71. The van der Waals surface area contributed by atoms with Crippen molar-refractivity contribution in [1.29, 1.82) is 0 Å². The fourth-order valence-electron chi connectivity index (χ4n) is 18.1. The van der Waals surface area contributed by atoms with Crippen LogP contribution in [-0.2, 0) is 107 Å². The molecule has 9 rings (SSSR count). The lowest BCUT2D eigenvalue weighted by Gasteiger charge is -2.63. The van der Waals surface area contributed by atoms with Crippen LogP contribution in [0.1, 0.15) is 181 Å². The minimum atomic E-state index is -2.43. The molecule has 1 saturated heterocycles. The first-order valence-electron chi connectivity index (χ1n) is 45.6. The molecule has 2 aromatic carbocycles. The summed E-state index contributed by atoms with van der Waals surface area (Å²) in [5, 5.41) is 35.5. The molecule has 2 aromatic rings. The maximum Gasteiger partial charge on any atom is 0.246 e. The van der Waals surface area contributed by atoms with Crippen LogP contribution in [0.25, 0.3) is 0 Å². The van der Waals surface area contributed by atoms with Crippen LogP contribution in [0.5, 0.6) is 0 Å². The zero-order valence-electron chi connectivity index (χ0n) is 75.4. The molecule has 128 heavy (non-hydrogen) atoms. The van der Waals surface area contributed by atoms with Gasteiger partial charge in [0, 0.05) is 73.2 Å². The topological polar surface area (TPSA) is 431 Å². The number of halogens is 2. The number of hydrogen-bond acceptors (Lipinski definition) is 25. The van der Waals surface area contributed by atoms with E-state index in [9.17, 15) is 48.3 Å². The van der Waals surface area contributed by atoms with Gasteiger partial charge in [-0.1, -0.05) is 102 Å². The number of nitrogens with one attached hydrogen (secondary N) is 7. The number of para-hydroxylation sites is 1. The minimum absolute atomic E-state index is 0.00436. The quantitative estimate of drug-likeness (QED) is 0.0166.